The first-order valence-electron chi connectivity index (χ1n) is 8.22. The Morgan fingerprint density at radius 1 is 1.46 bits per heavy atom. The maximum atomic E-state index is 12.8. The summed E-state index contributed by atoms with van der Waals surface area (Å²) in [4.78, 5) is 18.9. The summed E-state index contributed by atoms with van der Waals surface area (Å²) in [6.45, 7) is 9.27. The molecule has 1 fully saturated rings. The van der Waals surface area contributed by atoms with Gasteiger partial charge in [0.2, 0.25) is 0 Å². The molecular weight excluding hydrogens is 349 g/mol. The minimum atomic E-state index is -4.60. The summed E-state index contributed by atoms with van der Waals surface area (Å²) < 4.78 is 44.0. The van der Waals surface area contributed by atoms with Crippen LogP contribution in [0.15, 0.2) is 12.8 Å². The third-order valence-corrected chi connectivity index (χ3v) is 4.75. The fraction of sp³-hybridized carbons (Fsp3) is 0.588. The Labute approximate surface area is 150 Å². The zero-order valence-corrected chi connectivity index (χ0v) is 15.0. The third kappa shape index (κ3) is 3.76. The number of hydrogen-bond acceptors (Lipinski definition) is 5. The molecule has 1 aliphatic carbocycles. The Balaban J connectivity index is 2.39. The molecule has 6 nitrogen and oxygen atoms in total. The van der Waals surface area contributed by atoms with Crippen LogP contribution in [0.1, 0.15) is 51.4 Å². The van der Waals surface area contributed by atoms with Crippen molar-refractivity contribution in [2.75, 3.05) is 5.32 Å². The van der Waals surface area contributed by atoms with E-state index in [4.69, 9.17) is 10.5 Å². The van der Waals surface area contributed by atoms with E-state index in [1.807, 2.05) is 20.8 Å². The van der Waals surface area contributed by atoms with Gasteiger partial charge >= 0.3 is 12.3 Å². The standard InChI is InChI=1S/C17H23F3N4O2/c1-5-10-13(22-9-12(23-10)17(18,19)20)24-11-7-6-8-16(11,15(2,3)4)26-14(21)25/h5,9,11H,1,6-8H2,2-4H3,(H2,21,25)(H,22,24)/t11-,16+/m0/s1. The van der Waals surface area contributed by atoms with Crippen molar-refractivity contribution in [3.05, 3.63) is 24.2 Å². The Morgan fingerprint density at radius 3 is 2.62 bits per heavy atom. The molecule has 1 aromatic rings. The van der Waals surface area contributed by atoms with Gasteiger partial charge in [0.15, 0.2) is 11.5 Å². The second kappa shape index (κ2) is 6.77. The van der Waals surface area contributed by atoms with Gasteiger partial charge < -0.3 is 15.8 Å². The molecule has 0 aromatic carbocycles. The maximum absolute atomic E-state index is 12.8. The summed E-state index contributed by atoms with van der Waals surface area (Å²) in [6, 6.07) is -0.375. The van der Waals surface area contributed by atoms with Crippen LogP contribution in [0, 0.1) is 5.41 Å². The summed E-state index contributed by atoms with van der Waals surface area (Å²) >= 11 is 0. The van der Waals surface area contributed by atoms with Crippen LogP contribution >= 0.6 is 0 Å². The van der Waals surface area contributed by atoms with Crippen LogP contribution in [0.3, 0.4) is 0 Å². The van der Waals surface area contributed by atoms with Gasteiger partial charge in [-0.2, -0.15) is 13.2 Å². The topological polar surface area (TPSA) is 90.1 Å². The first kappa shape index (κ1) is 20.0. The number of rotatable bonds is 4. The predicted molar refractivity (Wildman–Crippen MR) is 91.2 cm³/mol. The van der Waals surface area contributed by atoms with Crippen molar-refractivity contribution in [2.24, 2.45) is 11.1 Å². The summed E-state index contributed by atoms with van der Waals surface area (Å²) in [5.74, 6) is 0.154. The van der Waals surface area contributed by atoms with Gasteiger partial charge in [0, 0.05) is 5.41 Å². The normalized spacial score (nSPS) is 23.5. The molecule has 2 rings (SSSR count). The second-order valence-electron chi connectivity index (χ2n) is 7.34. The molecule has 0 unspecified atom stereocenters. The lowest BCUT2D eigenvalue weighted by molar-refractivity contribution is -0.141. The number of aromatic nitrogens is 2. The first-order chi connectivity index (χ1) is 11.9. The molecule has 1 saturated carbocycles. The number of primary amides is 1. The van der Waals surface area contributed by atoms with Crippen LogP contribution in [0.2, 0.25) is 0 Å². The van der Waals surface area contributed by atoms with Gasteiger partial charge in [0.1, 0.15) is 11.3 Å². The minimum absolute atomic E-state index is 0.0198. The maximum Gasteiger partial charge on any atom is 0.434 e. The lowest BCUT2D eigenvalue weighted by atomic mass is 9.72. The molecule has 0 aliphatic heterocycles. The Kier molecular flexibility index (Phi) is 5.21. The summed E-state index contributed by atoms with van der Waals surface area (Å²) in [5.41, 5.74) is 2.79. The summed E-state index contributed by atoms with van der Waals surface area (Å²) in [6.07, 6.45) is -1.64. The van der Waals surface area contributed by atoms with Crippen molar-refractivity contribution in [3.8, 4) is 0 Å². The molecule has 26 heavy (non-hydrogen) atoms. The number of carbonyl (C=O) groups excluding carboxylic acids is 1. The van der Waals surface area contributed by atoms with E-state index in [9.17, 15) is 18.0 Å². The van der Waals surface area contributed by atoms with Crippen molar-refractivity contribution in [2.45, 2.75) is 57.9 Å². The number of amides is 1. The summed E-state index contributed by atoms with van der Waals surface area (Å²) in [7, 11) is 0. The molecule has 0 bridgehead atoms. The van der Waals surface area contributed by atoms with Gasteiger partial charge in [-0.15, -0.1) is 0 Å². The van der Waals surface area contributed by atoms with Crippen LogP contribution < -0.4 is 11.1 Å². The average molecular weight is 372 g/mol. The number of halogens is 3. The molecular formula is C17H23F3N4O2. The number of carbonyl (C=O) groups is 1. The molecule has 9 heteroatoms. The van der Waals surface area contributed by atoms with Crippen molar-refractivity contribution in [3.63, 3.8) is 0 Å². The van der Waals surface area contributed by atoms with Crippen LogP contribution in [-0.2, 0) is 10.9 Å². The van der Waals surface area contributed by atoms with Crippen molar-refractivity contribution in [1.29, 1.82) is 0 Å². The van der Waals surface area contributed by atoms with E-state index in [-0.39, 0.29) is 17.6 Å². The number of anilines is 1. The lowest BCUT2D eigenvalue weighted by Crippen LogP contribution is -2.56. The Morgan fingerprint density at radius 2 is 2.12 bits per heavy atom. The molecule has 0 spiro atoms. The van der Waals surface area contributed by atoms with Gasteiger partial charge in [-0.3, -0.25) is 0 Å². The largest absolute Gasteiger partial charge is 0.440 e. The zero-order valence-electron chi connectivity index (χ0n) is 15.0. The monoisotopic (exact) mass is 372 g/mol. The fourth-order valence-corrected chi connectivity index (χ4v) is 3.48. The highest BCUT2D eigenvalue weighted by Gasteiger charge is 2.54. The van der Waals surface area contributed by atoms with Crippen LogP contribution in [-0.4, -0.2) is 27.7 Å². The first-order valence-corrected chi connectivity index (χ1v) is 8.22. The van der Waals surface area contributed by atoms with E-state index < -0.39 is 29.0 Å². The minimum Gasteiger partial charge on any atom is -0.440 e. The Bertz CT molecular complexity index is 700. The molecule has 144 valence electrons. The predicted octanol–water partition coefficient (Wildman–Crippen LogP) is 3.98. The molecule has 3 N–H and O–H groups in total. The molecule has 1 aliphatic rings. The van der Waals surface area contributed by atoms with Crippen LogP contribution in [0.4, 0.5) is 23.8 Å². The highest BCUT2D eigenvalue weighted by Crippen LogP contribution is 2.47. The number of ether oxygens (including phenoxy) is 1. The van der Waals surface area contributed by atoms with Crippen molar-refractivity contribution < 1.29 is 22.7 Å². The molecule has 0 saturated heterocycles. The van der Waals surface area contributed by atoms with Crippen LogP contribution in [0.5, 0.6) is 0 Å². The van der Waals surface area contributed by atoms with Gasteiger partial charge in [-0.25, -0.2) is 14.8 Å². The molecule has 0 radical (unpaired) electrons. The second-order valence-corrected chi connectivity index (χ2v) is 7.34. The van der Waals surface area contributed by atoms with E-state index in [1.54, 1.807) is 0 Å². The van der Waals surface area contributed by atoms with Crippen LogP contribution in [0.25, 0.3) is 6.08 Å². The average Bonchev–Trinajstić information content (AvgIpc) is 2.89. The van der Waals surface area contributed by atoms with Gasteiger partial charge in [-0.1, -0.05) is 27.4 Å². The SMILES string of the molecule is C=Cc1nc(C(F)(F)F)cnc1N[C@H]1CCC[C@]1(OC(N)=O)C(C)(C)C. The van der Waals surface area contributed by atoms with Gasteiger partial charge in [0.25, 0.3) is 0 Å². The number of hydrogen-bond donors (Lipinski definition) is 2. The van der Waals surface area contributed by atoms with Gasteiger partial charge in [-0.05, 0) is 25.3 Å². The molecule has 2 atom stereocenters. The fourth-order valence-electron chi connectivity index (χ4n) is 3.48. The Hall–Kier alpha value is -2.32. The van der Waals surface area contributed by atoms with E-state index in [0.717, 1.165) is 6.42 Å². The number of alkyl halides is 3. The van der Waals surface area contributed by atoms with E-state index in [1.165, 1.54) is 6.08 Å². The highest BCUT2D eigenvalue weighted by atomic mass is 19.4. The highest BCUT2D eigenvalue weighted by molar-refractivity contribution is 5.66. The molecule has 1 aromatic heterocycles. The smallest absolute Gasteiger partial charge is 0.434 e. The summed E-state index contributed by atoms with van der Waals surface area (Å²) in [5, 5.41) is 3.10. The molecule has 1 amide bonds. The third-order valence-electron chi connectivity index (χ3n) is 4.75. The lowest BCUT2D eigenvalue weighted by Gasteiger charge is -2.45. The van der Waals surface area contributed by atoms with Crippen molar-refractivity contribution in [1.82, 2.24) is 9.97 Å². The number of nitrogens with zero attached hydrogens (tertiary/aromatic N) is 2. The quantitative estimate of drug-likeness (QED) is 0.834. The van der Waals surface area contributed by atoms with E-state index >= 15 is 0 Å². The number of nitrogens with one attached hydrogen (secondary N) is 1. The van der Waals surface area contributed by atoms with Gasteiger partial charge in [0.05, 0.1) is 12.2 Å². The van der Waals surface area contributed by atoms with E-state index in [0.29, 0.717) is 19.0 Å². The number of nitrogens with two attached hydrogens (primary N) is 1. The van der Waals surface area contributed by atoms with Crippen molar-refractivity contribution >= 4 is 18.0 Å². The molecule has 1 heterocycles. The van der Waals surface area contributed by atoms with E-state index in [2.05, 4.69) is 21.9 Å². The zero-order chi connectivity index (χ0) is 19.8.